The first-order valence-corrected chi connectivity index (χ1v) is 4.42. The molecule has 0 aliphatic heterocycles. The van der Waals surface area contributed by atoms with Crippen LogP contribution in [0.15, 0.2) is 13.2 Å². The van der Waals surface area contributed by atoms with Crippen molar-refractivity contribution in [2.75, 3.05) is 6.54 Å². The van der Waals surface area contributed by atoms with Gasteiger partial charge in [0.25, 0.3) is 0 Å². The molecule has 0 saturated carbocycles. The summed E-state index contributed by atoms with van der Waals surface area (Å²) < 4.78 is 4.99. The molecule has 0 spiro atoms. The van der Waals surface area contributed by atoms with Crippen LogP contribution in [-0.4, -0.2) is 18.2 Å². The maximum Gasteiger partial charge on any atom is 0.407 e. The fraction of sp³-hybridized carbons (Fsp3) is 0.700. The molecule has 1 amide bonds. The van der Waals surface area contributed by atoms with Gasteiger partial charge in [-0.05, 0) is 27.2 Å². The Morgan fingerprint density at radius 1 is 1.46 bits per heavy atom. The van der Waals surface area contributed by atoms with Crippen LogP contribution in [0, 0.1) is 0 Å². The zero-order chi connectivity index (χ0) is 10.9. The first kappa shape index (κ1) is 14.5. The molecule has 0 aromatic carbocycles. The molecule has 0 radical (unpaired) electrons. The number of rotatable bonds is 2. The van der Waals surface area contributed by atoms with Crippen molar-refractivity contribution in [1.29, 1.82) is 0 Å². The van der Waals surface area contributed by atoms with Gasteiger partial charge in [-0.3, -0.25) is 0 Å². The highest BCUT2D eigenvalue weighted by atomic mass is 16.6. The third-order valence-corrected chi connectivity index (χ3v) is 0.918. The Labute approximate surface area is 82.6 Å². The van der Waals surface area contributed by atoms with E-state index < -0.39 is 5.60 Å². The van der Waals surface area contributed by atoms with Gasteiger partial charge >= 0.3 is 6.09 Å². The highest BCUT2D eigenvalue weighted by molar-refractivity contribution is 5.67. The summed E-state index contributed by atoms with van der Waals surface area (Å²) in [5, 5.41) is 2.63. The molecule has 0 unspecified atom stereocenters. The van der Waals surface area contributed by atoms with Crippen molar-refractivity contribution in [1.82, 2.24) is 5.32 Å². The van der Waals surface area contributed by atoms with Gasteiger partial charge in [-0.25, -0.2) is 4.79 Å². The summed E-state index contributed by atoms with van der Waals surface area (Å²) in [4.78, 5) is 10.9. The van der Waals surface area contributed by atoms with Crippen LogP contribution in [0.4, 0.5) is 4.79 Å². The molecular formula is C10H23NO2. The minimum Gasteiger partial charge on any atom is -0.444 e. The van der Waals surface area contributed by atoms with Crippen LogP contribution in [-0.2, 0) is 4.74 Å². The average Bonchev–Trinajstić information content (AvgIpc) is 2.01. The molecule has 0 aromatic rings. The summed E-state index contributed by atoms with van der Waals surface area (Å²) in [5.41, 5.74) is -0.391. The molecule has 0 heterocycles. The van der Waals surface area contributed by atoms with Crippen LogP contribution in [0.5, 0.6) is 0 Å². The van der Waals surface area contributed by atoms with Crippen molar-refractivity contribution in [3.63, 3.8) is 0 Å². The zero-order valence-electron chi connectivity index (χ0n) is 9.14. The molecule has 0 aliphatic rings. The molecule has 0 atom stereocenters. The Morgan fingerprint density at radius 2 is 1.92 bits per heavy atom. The third kappa shape index (κ3) is 13.9. The van der Waals surface area contributed by atoms with Crippen LogP contribution in [0.2, 0.25) is 0 Å². The number of nitrogens with one attached hydrogen (secondary N) is 1. The van der Waals surface area contributed by atoms with E-state index in [1.54, 1.807) is 0 Å². The predicted molar refractivity (Wildman–Crippen MR) is 57.9 cm³/mol. The molecular weight excluding hydrogens is 166 g/mol. The van der Waals surface area contributed by atoms with Gasteiger partial charge in [-0.15, -0.1) is 13.2 Å². The van der Waals surface area contributed by atoms with Gasteiger partial charge in [0.2, 0.25) is 0 Å². The quantitative estimate of drug-likeness (QED) is 0.678. The Bertz CT molecular complexity index is 144. The molecule has 0 aromatic heterocycles. The van der Waals surface area contributed by atoms with E-state index in [9.17, 15) is 4.79 Å². The van der Waals surface area contributed by atoms with Gasteiger partial charge in [-0.1, -0.05) is 6.92 Å². The summed E-state index contributed by atoms with van der Waals surface area (Å²) in [6.45, 7) is 14.2. The third-order valence-electron chi connectivity index (χ3n) is 0.918. The van der Waals surface area contributed by atoms with Crippen LogP contribution >= 0.6 is 0 Å². The van der Waals surface area contributed by atoms with Gasteiger partial charge in [0, 0.05) is 7.97 Å². The summed E-state index contributed by atoms with van der Waals surface area (Å²) in [5.74, 6) is 0. The van der Waals surface area contributed by atoms with Crippen molar-refractivity contribution in [3.8, 4) is 0 Å². The first-order chi connectivity index (χ1) is 5.95. The van der Waals surface area contributed by atoms with Crippen molar-refractivity contribution < 1.29 is 11.0 Å². The molecule has 3 heteroatoms. The molecule has 3 nitrogen and oxygen atoms in total. The van der Waals surface area contributed by atoms with Gasteiger partial charge < -0.3 is 10.1 Å². The second-order valence-corrected chi connectivity index (χ2v) is 3.43. The molecule has 0 fully saturated rings. The molecule has 13 heavy (non-hydrogen) atoms. The van der Waals surface area contributed by atoms with Crippen LogP contribution in [0.3, 0.4) is 0 Å². The lowest BCUT2D eigenvalue weighted by Gasteiger charge is -2.19. The predicted octanol–water partition coefficient (Wildman–Crippen LogP) is 2.97. The lowest BCUT2D eigenvalue weighted by Crippen LogP contribution is -2.32. The summed E-state index contributed by atoms with van der Waals surface area (Å²) >= 11 is 0. The number of alkyl carbamates (subject to hydrolysis) is 1. The SMILES string of the molecule is C=C.CCCNC(=O)OC(C)(C)C.[HH]. The van der Waals surface area contributed by atoms with Crippen molar-refractivity contribution in [3.05, 3.63) is 13.2 Å². The zero-order valence-corrected chi connectivity index (χ0v) is 9.14. The Balaban J connectivity index is -0.000000376. The molecule has 0 rings (SSSR count). The normalized spacial score (nSPS) is 9.54. The van der Waals surface area contributed by atoms with Gasteiger partial charge in [0.15, 0.2) is 0 Å². The Morgan fingerprint density at radius 3 is 2.23 bits per heavy atom. The lowest BCUT2D eigenvalue weighted by atomic mass is 10.2. The molecule has 0 aliphatic carbocycles. The fourth-order valence-electron chi connectivity index (χ4n) is 0.541. The van der Waals surface area contributed by atoms with E-state index >= 15 is 0 Å². The first-order valence-electron chi connectivity index (χ1n) is 4.42. The van der Waals surface area contributed by atoms with Crippen LogP contribution in [0.25, 0.3) is 0 Å². The van der Waals surface area contributed by atoms with Crippen molar-refractivity contribution in [2.24, 2.45) is 0 Å². The van der Waals surface area contributed by atoms with Crippen molar-refractivity contribution >= 4 is 6.09 Å². The number of carbonyl (C=O) groups is 1. The van der Waals surface area contributed by atoms with Gasteiger partial charge in [-0.2, -0.15) is 0 Å². The van der Waals surface area contributed by atoms with Crippen LogP contribution < -0.4 is 5.32 Å². The fourth-order valence-corrected chi connectivity index (χ4v) is 0.541. The minimum absolute atomic E-state index is 0. The van der Waals surface area contributed by atoms with E-state index in [1.165, 1.54) is 0 Å². The standard InChI is InChI=1S/C8H17NO2.C2H4.H2/c1-5-6-9-7(10)11-8(2,3)4;1-2;/h5-6H2,1-4H3,(H,9,10);1-2H2;1H. The molecule has 0 saturated heterocycles. The molecule has 1 N–H and O–H groups in total. The minimum atomic E-state index is -0.391. The Kier molecular flexibility index (Phi) is 8.55. The number of amides is 1. The highest BCUT2D eigenvalue weighted by Crippen LogP contribution is 2.05. The maximum absolute atomic E-state index is 10.9. The largest absolute Gasteiger partial charge is 0.444 e. The van der Waals surface area contributed by atoms with Crippen molar-refractivity contribution in [2.45, 2.75) is 39.7 Å². The summed E-state index contributed by atoms with van der Waals surface area (Å²) in [6.07, 6.45) is 0.596. The lowest BCUT2D eigenvalue weighted by molar-refractivity contribution is 0.0528. The van der Waals surface area contributed by atoms with E-state index in [2.05, 4.69) is 18.5 Å². The summed E-state index contributed by atoms with van der Waals surface area (Å²) in [6, 6.07) is 0. The average molecular weight is 189 g/mol. The number of hydrogen-bond acceptors (Lipinski definition) is 2. The van der Waals surface area contributed by atoms with Gasteiger partial charge in [0.1, 0.15) is 5.60 Å². The molecule has 0 bridgehead atoms. The number of hydrogen-bond donors (Lipinski definition) is 1. The van der Waals surface area contributed by atoms with Crippen LogP contribution in [0.1, 0.15) is 35.5 Å². The highest BCUT2D eigenvalue weighted by Gasteiger charge is 2.14. The number of carbonyl (C=O) groups excluding carboxylic acids is 1. The number of ether oxygens (including phenoxy) is 1. The summed E-state index contributed by atoms with van der Waals surface area (Å²) in [7, 11) is 0. The smallest absolute Gasteiger partial charge is 0.407 e. The monoisotopic (exact) mass is 189 g/mol. The Hall–Kier alpha value is -0.990. The van der Waals surface area contributed by atoms with E-state index in [0.717, 1.165) is 6.42 Å². The van der Waals surface area contributed by atoms with Gasteiger partial charge in [0.05, 0.1) is 0 Å². The van der Waals surface area contributed by atoms with E-state index in [1.807, 2.05) is 27.7 Å². The second kappa shape index (κ2) is 7.65. The topological polar surface area (TPSA) is 38.3 Å². The van der Waals surface area contributed by atoms with E-state index in [4.69, 9.17) is 4.74 Å². The van der Waals surface area contributed by atoms with E-state index in [-0.39, 0.29) is 7.52 Å². The molecule has 80 valence electrons. The maximum atomic E-state index is 10.9. The van der Waals surface area contributed by atoms with E-state index in [0.29, 0.717) is 6.54 Å². The second-order valence-electron chi connectivity index (χ2n) is 3.43.